The van der Waals surface area contributed by atoms with Gasteiger partial charge >= 0.3 is 0 Å². The molecule has 27 heavy (non-hydrogen) atoms. The minimum atomic E-state index is -0.540. The standard InChI is InChI=1S/C18H12FN7O/c1-10-6-13(19)11(17-23-16(8-20)24-25-17)7-14(10)22-18(27)12-9-21-26-5-3-2-4-15(12)26/h2-7,9H,1H3,(H,22,27)(H,23,24,25). The average molecular weight is 361 g/mol. The minimum absolute atomic E-state index is 0.0954. The number of carbonyl (C=O) groups excluding carboxylic acids is 1. The van der Waals surface area contributed by atoms with Crippen LogP contribution in [0.5, 0.6) is 0 Å². The summed E-state index contributed by atoms with van der Waals surface area (Å²) in [5.74, 6) is -0.897. The molecule has 0 aliphatic heterocycles. The summed E-state index contributed by atoms with van der Waals surface area (Å²) in [7, 11) is 0. The van der Waals surface area contributed by atoms with Crippen molar-refractivity contribution in [1.29, 1.82) is 5.26 Å². The van der Waals surface area contributed by atoms with E-state index in [0.29, 0.717) is 22.3 Å². The van der Waals surface area contributed by atoms with E-state index in [2.05, 4.69) is 25.6 Å². The number of carbonyl (C=O) groups is 1. The van der Waals surface area contributed by atoms with Gasteiger partial charge in [0.15, 0.2) is 5.82 Å². The number of H-pyrrole nitrogens is 1. The number of pyridine rings is 1. The molecule has 0 aliphatic carbocycles. The third-order valence-electron chi connectivity index (χ3n) is 4.07. The molecule has 0 bridgehead atoms. The number of aryl methyl sites for hydroxylation is 1. The fraction of sp³-hybridized carbons (Fsp3) is 0.0556. The number of halogens is 1. The number of aromatic nitrogens is 5. The predicted molar refractivity (Wildman–Crippen MR) is 94.4 cm³/mol. The van der Waals surface area contributed by atoms with Gasteiger partial charge in [0.25, 0.3) is 11.7 Å². The zero-order valence-electron chi connectivity index (χ0n) is 14.1. The Kier molecular flexibility index (Phi) is 3.86. The number of aromatic amines is 1. The van der Waals surface area contributed by atoms with E-state index in [4.69, 9.17) is 5.26 Å². The monoisotopic (exact) mass is 361 g/mol. The lowest BCUT2D eigenvalue weighted by Gasteiger charge is -2.10. The van der Waals surface area contributed by atoms with Crippen molar-refractivity contribution in [3.05, 3.63) is 65.5 Å². The van der Waals surface area contributed by atoms with E-state index in [9.17, 15) is 9.18 Å². The number of hydrogen-bond donors (Lipinski definition) is 2. The molecule has 3 aromatic heterocycles. The number of anilines is 1. The quantitative estimate of drug-likeness (QED) is 0.583. The van der Waals surface area contributed by atoms with Gasteiger partial charge in [-0.3, -0.25) is 9.89 Å². The maximum Gasteiger partial charge on any atom is 0.259 e. The van der Waals surface area contributed by atoms with Crippen molar-refractivity contribution in [3.8, 4) is 17.5 Å². The highest BCUT2D eigenvalue weighted by molar-refractivity contribution is 6.09. The molecule has 1 aromatic carbocycles. The highest BCUT2D eigenvalue weighted by atomic mass is 19.1. The minimum Gasteiger partial charge on any atom is -0.322 e. The number of nitriles is 1. The second-order valence-corrected chi connectivity index (χ2v) is 5.81. The van der Waals surface area contributed by atoms with Crippen molar-refractivity contribution in [3.63, 3.8) is 0 Å². The zero-order chi connectivity index (χ0) is 19.0. The third kappa shape index (κ3) is 2.89. The maximum atomic E-state index is 14.4. The molecule has 0 unspecified atom stereocenters. The van der Waals surface area contributed by atoms with E-state index in [-0.39, 0.29) is 23.1 Å². The highest BCUT2D eigenvalue weighted by Gasteiger charge is 2.17. The van der Waals surface area contributed by atoms with E-state index >= 15 is 0 Å². The van der Waals surface area contributed by atoms with Gasteiger partial charge in [-0.2, -0.15) is 15.3 Å². The van der Waals surface area contributed by atoms with Crippen molar-refractivity contribution in [2.24, 2.45) is 0 Å². The second kappa shape index (κ2) is 6.34. The van der Waals surface area contributed by atoms with Crippen LogP contribution in [0.4, 0.5) is 10.1 Å². The maximum absolute atomic E-state index is 14.4. The van der Waals surface area contributed by atoms with Crippen LogP contribution in [-0.2, 0) is 0 Å². The molecular formula is C18H12FN7O. The van der Waals surface area contributed by atoms with Crippen LogP contribution in [0.2, 0.25) is 0 Å². The van der Waals surface area contributed by atoms with Gasteiger partial charge in [-0.1, -0.05) is 6.07 Å². The second-order valence-electron chi connectivity index (χ2n) is 5.81. The first-order valence-electron chi connectivity index (χ1n) is 7.93. The lowest BCUT2D eigenvalue weighted by atomic mass is 10.1. The molecule has 0 saturated carbocycles. The summed E-state index contributed by atoms with van der Waals surface area (Å²) in [6, 6.07) is 9.92. The summed E-state index contributed by atoms with van der Waals surface area (Å²) in [5, 5.41) is 21.9. The Morgan fingerprint density at radius 1 is 1.37 bits per heavy atom. The van der Waals surface area contributed by atoms with Crippen LogP contribution in [-0.4, -0.2) is 30.7 Å². The van der Waals surface area contributed by atoms with Gasteiger partial charge in [-0.05, 0) is 36.8 Å². The first-order valence-corrected chi connectivity index (χ1v) is 7.93. The van der Waals surface area contributed by atoms with Crippen LogP contribution in [0, 0.1) is 24.1 Å². The lowest BCUT2D eigenvalue weighted by Crippen LogP contribution is -2.13. The number of nitrogens with one attached hydrogen (secondary N) is 2. The van der Waals surface area contributed by atoms with E-state index in [0.717, 1.165) is 0 Å². The van der Waals surface area contributed by atoms with Crippen LogP contribution >= 0.6 is 0 Å². The predicted octanol–water partition coefficient (Wildman–Crippen LogP) is 2.69. The number of benzene rings is 1. The average Bonchev–Trinajstić information content (AvgIpc) is 3.30. The van der Waals surface area contributed by atoms with Crippen LogP contribution in [0.1, 0.15) is 21.7 Å². The Labute approximate surface area is 152 Å². The Morgan fingerprint density at radius 3 is 3.00 bits per heavy atom. The van der Waals surface area contributed by atoms with Crippen LogP contribution in [0.15, 0.2) is 42.7 Å². The first-order chi connectivity index (χ1) is 13.1. The fourth-order valence-corrected chi connectivity index (χ4v) is 2.72. The molecule has 4 rings (SSSR count). The molecule has 0 saturated heterocycles. The summed E-state index contributed by atoms with van der Waals surface area (Å²) in [6.45, 7) is 1.68. The van der Waals surface area contributed by atoms with E-state index in [1.54, 1.807) is 29.8 Å². The molecule has 0 fully saturated rings. The molecule has 0 aliphatic rings. The Bertz CT molecular complexity index is 1220. The number of nitrogens with zero attached hydrogens (tertiary/aromatic N) is 5. The van der Waals surface area contributed by atoms with E-state index in [1.165, 1.54) is 18.3 Å². The number of amides is 1. The summed E-state index contributed by atoms with van der Waals surface area (Å²) < 4.78 is 15.9. The van der Waals surface area contributed by atoms with Crippen molar-refractivity contribution in [2.45, 2.75) is 6.92 Å². The number of fused-ring (bicyclic) bond motifs is 1. The van der Waals surface area contributed by atoms with Crippen LogP contribution in [0.25, 0.3) is 16.9 Å². The van der Waals surface area contributed by atoms with Crippen molar-refractivity contribution >= 4 is 17.1 Å². The van der Waals surface area contributed by atoms with Crippen molar-refractivity contribution < 1.29 is 9.18 Å². The smallest absolute Gasteiger partial charge is 0.259 e. The van der Waals surface area contributed by atoms with Crippen LogP contribution < -0.4 is 5.32 Å². The molecule has 132 valence electrons. The van der Waals surface area contributed by atoms with E-state index in [1.807, 2.05) is 12.1 Å². The molecule has 0 spiro atoms. The Balaban J connectivity index is 1.70. The molecule has 3 heterocycles. The molecule has 9 heteroatoms. The number of rotatable bonds is 3. The van der Waals surface area contributed by atoms with Gasteiger partial charge in [-0.15, -0.1) is 5.10 Å². The molecule has 0 atom stereocenters. The Hall–Kier alpha value is -4.06. The summed E-state index contributed by atoms with van der Waals surface area (Å²) in [6.07, 6.45) is 3.21. The summed E-state index contributed by atoms with van der Waals surface area (Å²) in [4.78, 5) is 16.6. The van der Waals surface area contributed by atoms with Gasteiger partial charge in [0.05, 0.1) is 22.8 Å². The van der Waals surface area contributed by atoms with Gasteiger partial charge in [0, 0.05) is 11.9 Å². The molecule has 8 nitrogen and oxygen atoms in total. The highest BCUT2D eigenvalue weighted by Crippen LogP contribution is 2.27. The third-order valence-corrected chi connectivity index (χ3v) is 4.07. The van der Waals surface area contributed by atoms with Gasteiger partial charge < -0.3 is 5.32 Å². The van der Waals surface area contributed by atoms with Gasteiger partial charge in [0.2, 0.25) is 0 Å². The summed E-state index contributed by atoms with van der Waals surface area (Å²) >= 11 is 0. The van der Waals surface area contributed by atoms with Crippen molar-refractivity contribution in [1.82, 2.24) is 24.8 Å². The first kappa shape index (κ1) is 16.4. The number of hydrogen-bond acceptors (Lipinski definition) is 5. The lowest BCUT2D eigenvalue weighted by molar-refractivity contribution is 0.102. The summed E-state index contributed by atoms with van der Waals surface area (Å²) in [5.41, 5.74) is 2.11. The van der Waals surface area contributed by atoms with E-state index < -0.39 is 5.82 Å². The zero-order valence-corrected chi connectivity index (χ0v) is 14.1. The molecule has 2 N–H and O–H groups in total. The molecule has 0 radical (unpaired) electrons. The van der Waals surface area contributed by atoms with Gasteiger partial charge in [-0.25, -0.2) is 8.91 Å². The fourth-order valence-electron chi connectivity index (χ4n) is 2.72. The molecule has 1 amide bonds. The SMILES string of the molecule is Cc1cc(F)c(-c2nc(C#N)n[nH]2)cc1NC(=O)c1cnn2ccccc12. The molecule has 4 aromatic rings. The van der Waals surface area contributed by atoms with Crippen molar-refractivity contribution in [2.75, 3.05) is 5.32 Å². The normalized spacial score (nSPS) is 10.7. The van der Waals surface area contributed by atoms with Gasteiger partial charge in [0.1, 0.15) is 11.9 Å². The topological polar surface area (TPSA) is 112 Å². The Morgan fingerprint density at radius 2 is 2.22 bits per heavy atom. The molecular weight excluding hydrogens is 349 g/mol. The van der Waals surface area contributed by atoms with Crippen LogP contribution in [0.3, 0.4) is 0 Å². The largest absolute Gasteiger partial charge is 0.322 e.